The number of para-hydroxylation sites is 1. The highest BCUT2D eigenvalue weighted by Crippen LogP contribution is 2.32. The van der Waals surface area contributed by atoms with Crippen molar-refractivity contribution < 1.29 is 14.4 Å². The minimum atomic E-state index is 0.0448. The van der Waals surface area contributed by atoms with Gasteiger partial charge in [-0.1, -0.05) is 58.5 Å². The fourth-order valence-corrected chi connectivity index (χ4v) is 3.42. The molecule has 0 fully saturated rings. The summed E-state index contributed by atoms with van der Waals surface area (Å²) in [5, 5.41) is 3.20. The van der Waals surface area contributed by atoms with Crippen LogP contribution in [0.4, 0.5) is 5.69 Å². The standard InChI is InChI=1S/C25H34N2O2/c1-7-15-29-21-13-11-20(12-14-21)16-27(6)17-24(28)26-25-22(18(2)3)9-8-10-23(25)19(4)5/h7-14,18-19H,1,15-17H2,2-6H3,(H,26,28)/p+1. The molecular formula is C25H35N2O2+. The van der Waals surface area contributed by atoms with Gasteiger partial charge in [0.05, 0.1) is 7.05 Å². The summed E-state index contributed by atoms with van der Waals surface area (Å²) >= 11 is 0. The van der Waals surface area contributed by atoms with Crippen molar-refractivity contribution in [2.24, 2.45) is 0 Å². The number of hydrogen-bond donors (Lipinski definition) is 2. The normalized spacial score (nSPS) is 12.1. The van der Waals surface area contributed by atoms with Crippen molar-refractivity contribution in [1.29, 1.82) is 0 Å². The first kappa shape index (κ1) is 22.7. The Balaban J connectivity index is 2.01. The lowest BCUT2D eigenvalue weighted by molar-refractivity contribution is -0.885. The largest absolute Gasteiger partial charge is 0.490 e. The molecule has 0 aliphatic carbocycles. The molecule has 4 nitrogen and oxygen atoms in total. The van der Waals surface area contributed by atoms with Gasteiger partial charge in [0, 0.05) is 11.3 Å². The first-order valence-corrected chi connectivity index (χ1v) is 10.4. The van der Waals surface area contributed by atoms with Gasteiger partial charge in [-0.05, 0) is 47.2 Å². The van der Waals surface area contributed by atoms with Crippen molar-refractivity contribution in [2.45, 2.75) is 46.1 Å². The number of likely N-dealkylation sites (N-methyl/N-ethyl adjacent to an activating group) is 1. The van der Waals surface area contributed by atoms with Gasteiger partial charge >= 0.3 is 0 Å². The van der Waals surface area contributed by atoms with Gasteiger partial charge in [0.1, 0.15) is 18.9 Å². The number of benzene rings is 2. The van der Waals surface area contributed by atoms with Gasteiger partial charge in [0.15, 0.2) is 6.54 Å². The van der Waals surface area contributed by atoms with E-state index in [1.807, 2.05) is 31.3 Å². The first-order chi connectivity index (χ1) is 13.8. The van der Waals surface area contributed by atoms with E-state index in [0.29, 0.717) is 25.0 Å². The summed E-state index contributed by atoms with van der Waals surface area (Å²) in [6, 6.07) is 14.3. The van der Waals surface area contributed by atoms with Crippen molar-refractivity contribution >= 4 is 11.6 Å². The SMILES string of the molecule is C=CCOc1ccc(C[NH+](C)CC(=O)Nc2c(C(C)C)cccc2C(C)C)cc1. The van der Waals surface area contributed by atoms with Crippen LogP contribution in [0, 0.1) is 0 Å². The number of amides is 1. The van der Waals surface area contributed by atoms with Gasteiger partial charge in [0.25, 0.3) is 5.91 Å². The molecule has 0 aromatic heterocycles. The number of hydrogen-bond acceptors (Lipinski definition) is 2. The summed E-state index contributed by atoms with van der Waals surface area (Å²) in [6.45, 7) is 14.0. The maximum atomic E-state index is 12.8. The van der Waals surface area contributed by atoms with E-state index in [-0.39, 0.29) is 5.91 Å². The number of rotatable bonds is 10. The van der Waals surface area contributed by atoms with Crippen LogP contribution in [0.1, 0.15) is 56.2 Å². The Hall–Kier alpha value is -2.59. The molecule has 0 saturated carbocycles. The predicted molar refractivity (Wildman–Crippen MR) is 121 cm³/mol. The Kier molecular flexibility index (Phi) is 8.47. The molecule has 1 unspecified atom stereocenters. The second kappa shape index (κ2) is 10.8. The first-order valence-electron chi connectivity index (χ1n) is 10.4. The molecule has 2 aromatic carbocycles. The van der Waals surface area contributed by atoms with Crippen LogP contribution in [0.2, 0.25) is 0 Å². The van der Waals surface area contributed by atoms with E-state index in [0.717, 1.165) is 22.9 Å². The number of carbonyl (C=O) groups excluding carboxylic acids is 1. The lowest BCUT2D eigenvalue weighted by Crippen LogP contribution is -3.08. The zero-order valence-electron chi connectivity index (χ0n) is 18.4. The van der Waals surface area contributed by atoms with Crippen LogP contribution in [-0.2, 0) is 11.3 Å². The molecule has 1 amide bonds. The van der Waals surface area contributed by atoms with Crippen molar-refractivity contribution in [2.75, 3.05) is 25.5 Å². The van der Waals surface area contributed by atoms with E-state index < -0.39 is 0 Å². The molecule has 4 heteroatoms. The Morgan fingerprint density at radius 3 is 2.17 bits per heavy atom. The zero-order chi connectivity index (χ0) is 21.4. The third-order valence-electron chi connectivity index (χ3n) is 4.90. The summed E-state index contributed by atoms with van der Waals surface area (Å²) < 4.78 is 5.52. The zero-order valence-corrected chi connectivity index (χ0v) is 18.4. The average molecular weight is 396 g/mol. The number of anilines is 1. The minimum Gasteiger partial charge on any atom is -0.490 e. The lowest BCUT2D eigenvalue weighted by Gasteiger charge is -2.21. The summed E-state index contributed by atoms with van der Waals surface area (Å²) in [4.78, 5) is 13.9. The lowest BCUT2D eigenvalue weighted by atomic mass is 9.92. The second-order valence-electron chi connectivity index (χ2n) is 8.22. The third kappa shape index (κ3) is 6.75. The van der Waals surface area contributed by atoms with Gasteiger partial charge < -0.3 is 15.0 Å². The maximum absolute atomic E-state index is 12.8. The molecule has 2 N–H and O–H groups in total. The molecule has 0 saturated heterocycles. The van der Waals surface area contributed by atoms with Crippen LogP contribution >= 0.6 is 0 Å². The smallest absolute Gasteiger partial charge is 0.279 e. The van der Waals surface area contributed by atoms with Crippen LogP contribution in [-0.4, -0.2) is 26.1 Å². The Morgan fingerprint density at radius 2 is 1.66 bits per heavy atom. The van der Waals surface area contributed by atoms with Crippen LogP contribution in [0.5, 0.6) is 5.75 Å². The van der Waals surface area contributed by atoms with E-state index in [1.165, 1.54) is 16.7 Å². The Morgan fingerprint density at radius 1 is 1.07 bits per heavy atom. The summed E-state index contributed by atoms with van der Waals surface area (Å²) in [6.07, 6.45) is 1.73. The number of ether oxygens (including phenoxy) is 1. The minimum absolute atomic E-state index is 0.0448. The average Bonchev–Trinajstić information content (AvgIpc) is 2.67. The predicted octanol–water partition coefficient (Wildman–Crippen LogP) is 4.15. The van der Waals surface area contributed by atoms with Gasteiger partial charge in [0.2, 0.25) is 0 Å². The third-order valence-corrected chi connectivity index (χ3v) is 4.90. The van der Waals surface area contributed by atoms with E-state index in [1.54, 1.807) is 6.08 Å². The van der Waals surface area contributed by atoms with E-state index >= 15 is 0 Å². The van der Waals surface area contributed by atoms with E-state index in [4.69, 9.17) is 4.74 Å². The van der Waals surface area contributed by atoms with E-state index in [9.17, 15) is 4.79 Å². The molecule has 0 spiro atoms. The molecule has 0 heterocycles. The molecule has 2 aromatic rings. The Labute approximate surface area is 175 Å². The van der Waals surface area contributed by atoms with Crippen LogP contribution in [0.3, 0.4) is 0 Å². The van der Waals surface area contributed by atoms with Crippen molar-refractivity contribution in [3.8, 4) is 5.75 Å². The molecule has 0 bridgehead atoms. The van der Waals surface area contributed by atoms with Crippen LogP contribution in [0.25, 0.3) is 0 Å². The molecule has 0 aliphatic heterocycles. The number of nitrogens with one attached hydrogen (secondary N) is 2. The monoisotopic (exact) mass is 395 g/mol. The maximum Gasteiger partial charge on any atom is 0.279 e. The molecule has 0 aliphatic rings. The summed E-state index contributed by atoms with van der Waals surface area (Å²) in [5.74, 6) is 1.59. The van der Waals surface area contributed by atoms with Gasteiger partial charge in [-0.2, -0.15) is 0 Å². The molecule has 156 valence electrons. The van der Waals surface area contributed by atoms with Crippen molar-refractivity contribution in [3.63, 3.8) is 0 Å². The number of quaternary nitrogens is 1. The molecular weight excluding hydrogens is 360 g/mol. The Bertz CT molecular complexity index is 784. The summed E-state index contributed by atoms with van der Waals surface area (Å²) in [5.41, 5.74) is 4.54. The van der Waals surface area contributed by atoms with Gasteiger partial charge in [-0.3, -0.25) is 4.79 Å². The van der Waals surface area contributed by atoms with Gasteiger partial charge in [-0.15, -0.1) is 0 Å². The molecule has 29 heavy (non-hydrogen) atoms. The van der Waals surface area contributed by atoms with Gasteiger partial charge in [-0.25, -0.2) is 0 Å². The van der Waals surface area contributed by atoms with Crippen molar-refractivity contribution in [3.05, 3.63) is 71.8 Å². The molecule has 2 rings (SSSR count). The second-order valence-corrected chi connectivity index (χ2v) is 8.22. The molecule has 0 radical (unpaired) electrons. The highest BCUT2D eigenvalue weighted by atomic mass is 16.5. The quantitative estimate of drug-likeness (QED) is 0.594. The van der Waals surface area contributed by atoms with Crippen LogP contribution in [0.15, 0.2) is 55.1 Å². The van der Waals surface area contributed by atoms with E-state index in [2.05, 4.69) is 57.8 Å². The fraction of sp³-hybridized carbons (Fsp3) is 0.400. The molecule has 1 atom stereocenters. The van der Waals surface area contributed by atoms with Crippen LogP contribution < -0.4 is 15.0 Å². The fourth-order valence-electron chi connectivity index (χ4n) is 3.42. The highest BCUT2D eigenvalue weighted by molar-refractivity contribution is 5.93. The summed E-state index contributed by atoms with van der Waals surface area (Å²) in [7, 11) is 2.04. The van der Waals surface area contributed by atoms with Crippen molar-refractivity contribution in [1.82, 2.24) is 0 Å². The highest BCUT2D eigenvalue weighted by Gasteiger charge is 2.18. The number of carbonyl (C=O) groups is 1. The topological polar surface area (TPSA) is 42.8 Å².